The average molecular weight is 609 g/mol. The molecular weight excluding hydrogens is 564 g/mol. The third kappa shape index (κ3) is 6.66. The van der Waals surface area contributed by atoms with Crippen molar-refractivity contribution in [3.05, 3.63) is 61.6 Å². The van der Waals surface area contributed by atoms with E-state index in [2.05, 4.69) is 81.2 Å². The van der Waals surface area contributed by atoms with Gasteiger partial charge in [0.25, 0.3) is 0 Å². The first-order valence-corrected chi connectivity index (χ1v) is 16.0. The van der Waals surface area contributed by atoms with Crippen LogP contribution in [0.3, 0.4) is 0 Å². The second-order valence-electron chi connectivity index (χ2n) is 12.6. The molecule has 1 amide bonds. The molecule has 0 saturated carbocycles. The van der Waals surface area contributed by atoms with Crippen LogP contribution >= 0.6 is 0 Å². The van der Waals surface area contributed by atoms with Crippen molar-refractivity contribution in [1.82, 2.24) is 24.6 Å². The van der Waals surface area contributed by atoms with Crippen LogP contribution in [0.1, 0.15) is 45.6 Å². The van der Waals surface area contributed by atoms with E-state index in [0.717, 1.165) is 65.6 Å². The average Bonchev–Trinajstić information content (AvgIpc) is 3.49. The Kier molecular flexibility index (Phi) is 9.02. The van der Waals surface area contributed by atoms with Crippen molar-refractivity contribution < 1.29 is 9.53 Å². The van der Waals surface area contributed by atoms with E-state index < -0.39 is 0 Å². The first-order valence-electron chi connectivity index (χ1n) is 16.0. The van der Waals surface area contributed by atoms with Gasteiger partial charge in [-0.2, -0.15) is 5.10 Å². The number of carbonyl (C=O) groups is 1. The molecule has 6 rings (SSSR count). The summed E-state index contributed by atoms with van der Waals surface area (Å²) in [4.78, 5) is 26.4. The number of aromatic nitrogens is 4. The first-order chi connectivity index (χ1) is 21.8. The van der Waals surface area contributed by atoms with Crippen LogP contribution in [0.15, 0.2) is 61.6 Å². The molecule has 2 N–H and O–H groups in total. The van der Waals surface area contributed by atoms with Gasteiger partial charge >= 0.3 is 0 Å². The zero-order valence-corrected chi connectivity index (χ0v) is 26.8. The molecule has 10 heteroatoms. The fraction of sp³-hybridized carbons (Fsp3) is 0.429. The Hall–Kier alpha value is -4.44. The number of piperidine rings is 2. The number of methoxy groups -OCH3 is 1. The summed E-state index contributed by atoms with van der Waals surface area (Å²) in [5, 5.41) is 12.1. The third-order valence-corrected chi connectivity index (χ3v) is 9.38. The van der Waals surface area contributed by atoms with Gasteiger partial charge in [0.1, 0.15) is 17.9 Å². The van der Waals surface area contributed by atoms with Crippen molar-refractivity contribution in [3.63, 3.8) is 0 Å². The zero-order chi connectivity index (χ0) is 31.5. The van der Waals surface area contributed by atoms with Gasteiger partial charge in [-0.1, -0.05) is 12.6 Å². The summed E-state index contributed by atoms with van der Waals surface area (Å²) in [6, 6.07) is 12.4. The first kappa shape index (κ1) is 30.6. The second kappa shape index (κ2) is 13.3. The van der Waals surface area contributed by atoms with Crippen molar-refractivity contribution in [1.29, 1.82) is 0 Å². The molecule has 0 radical (unpaired) electrons. The fourth-order valence-electron chi connectivity index (χ4n) is 6.84. The number of nitrogens with zero attached hydrogens (tertiary/aromatic N) is 6. The molecule has 2 aromatic carbocycles. The molecule has 10 nitrogen and oxygen atoms in total. The fourth-order valence-corrected chi connectivity index (χ4v) is 6.84. The highest BCUT2D eigenvalue weighted by Crippen LogP contribution is 2.41. The molecule has 0 unspecified atom stereocenters. The molecule has 2 saturated heterocycles. The van der Waals surface area contributed by atoms with E-state index in [1.165, 1.54) is 32.0 Å². The number of benzene rings is 2. The molecule has 2 aliphatic heterocycles. The lowest BCUT2D eigenvalue weighted by atomic mass is 9.79. The van der Waals surface area contributed by atoms with Crippen LogP contribution < -0.4 is 20.3 Å². The summed E-state index contributed by atoms with van der Waals surface area (Å²) < 4.78 is 7.88. The highest BCUT2D eigenvalue weighted by Gasteiger charge is 2.30. The SMILES string of the molecule is C=CC(=O)Nc1cc(Nc2cc(-c3ccc4c(cnn4C(C)C)c3)ncn2)c(OC)cc1N1CCC(C2CCN(C)CC2)CC1. The highest BCUT2D eigenvalue weighted by atomic mass is 16.5. The molecule has 0 atom stereocenters. The number of nitrogens with one attached hydrogen (secondary N) is 2. The van der Waals surface area contributed by atoms with Gasteiger partial charge in [0.05, 0.1) is 41.6 Å². The molecule has 4 aromatic rings. The maximum atomic E-state index is 12.5. The van der Waals surface area contributed by atoms with Crippen molar-refractivity contribution >= 4 is 39.7 Å². The minimum absolute atomic E-state index is 0.255. The molecule has 2 fully saturated rings. The van der Waals surface area contributed by atoms with E-state index in [0.29, 0.717) is 22.9 Å². The molecule has 2 aromatic heterocycles. The predicted molar refractivity (Wildman–Crippen MR) is 181 cm³/mol. The van der Waals surface area contributed by atoms with E-state index in [-0.39, 0.29) is 11.9 Å². The maximum Gasteiger partial charge on any atom is 0.247 e. The van der Waals surface area contributed by atoms with E-state index in [1.54, 1.807) is 13.4 Å². The molecule has 0 spiro atoms. The van der Waals surface area contributed by atoms with E-state index in [1.807, 2.05) is 29.1 Å². The molecule has 236 valence electrons. The summed E-state index contributed by atoms with van der Waals surface area (Å²) in [7, 11) is 3.88. The third-order valence-electron chi connectivity index (χ3n) is 9.38. The van der Waals surface area contributed by atoms with Gasteiger partial charge < -0.3 is 25.2 Å². The highest BCUT2D eigenvalue weighted by molar-refractivity contribution is 6.02. The topological polar surface area (TPSA) is 100 Å². The van der Waals surface area contributed by atoms with Gasteiger partial charge in [-0.3, -0.25) is 9.48 Å². The Morgan fingerprint density at radius 2 is 1.73 bits per heavy atom. The Labute approximate surface area is 265 Å². The van der Waals surface area contributed by atoms with Crippen LogP contribution in [0.4, 0.5) is 22.9 Å². The number of carbonyl (C=O) groups excluding carboxylic acids is 1. The second-order valence-corrected chi connectivity index (χ2v) is 12.6. The summed E-state index contributed by atoms with van der Waals surface area (Å²) in [6.07, 6.45) is 9.62. The Morgan fingerprint density at radius 1 is 1.00 bits per heavy atom. The number of ether oxygens (including phenoxy) is 1. The summed E-state index contributed by atoms with van der Waals surface area (Å²) in [6.45, 7) is 12.2. The quantitative estimate of drug-likeness (QED) is 0.208. The van der Waals surface area contributed by atoms with Crippen LogP contribution in [-0.4, -0.2) is 70.9 Å². The Bertz CT molecular complexity index is 1670. The van der Waals surface area contributed by atoms with Crippen LogP contribution in [0, 0.1) is 11.8 Å². The standard InChI is InChI=1S/C35H44N8O2/c1-6-35(44)40-29-18-30(33(45-5)20-32(29)42-15-11-25(12-16-42)24-9-13-41(4)14-10-24)39-34-19-28(36-22-37-34)26-7-8-31-27(17-26)21-38-43(31)23(2)3/h6-8,17-25H,1,9-16H2,2-5H3,(H,40,44)(H,36,37,39). The number of amides is 1. The number of hydrogen-bond acceptors (Lipinski definition) is 8. The predicted octanol–water partition coefficient (Wildman–Crippen LogP) is 6.51. The Morgan fingerprint density at radius 3 is 2.42 bits per heavy atom. The van der Waals surface area contributed by atoms with Gasteiger partial charge in [0.2, 0.25) is 5.91 Å². The van der Waals surface area contributed by atoms with Crippen LogP contribution in [0.25, 0.3) is 22.2 Å². The van der Waals surface area contributed by atoms with Gasteiger partial charge in [-0.05, 0) is 95.8 Å². The summed E-state index contributed by atoms with van der Waals surface area (Å²) in [5.41, 5.74) is 5.21. The molecule has 0 bridgehead atoms. The smallest absolute Gasteiger partial charge is 0.247 e. The van der Waals surface area contributed by atoms with Crippen molar-refractivity contribution in [2.24, 2.45) is 11.8 Å². The number of hydrogen-bond donors (Lipinski definition) is 2. The van der Waals surface area contributed by atoms with Crippen molar-refractivity contribution in [2.45, 2.75) is 45.6 Å². The molecular formula is C35H44N8O2. The number of rotatable bonds is 9. The lowest BCUT2D eigenvalue weighted by Gasteiger charge is -2.40. The molecule has 2 aliphatic rings. The largest absolute Gasteiger partial charge is 0.494 e. The lowest BCUT2D eigenvalue weighted by Crippen LogP contribution is -2.40. The number of fused-ring (bicyclic) bond motifs is 1. The van der Waals surface area contributed by atoms with Crippen molar-refractivity contribution in [3.8, 4) is 17.0 Å². The van der Waals surface area contributed by atoms with Gasteiger partial charge in [0, 0.05) is 42.2 Å². The van der Waals surface area contributed by atoms with Gasteiger partial charge in [0.15, 0.2) is 0 Å². The number of likely N-dealkylation sites (tertiary alicyclic amines) is 1. The molecule has 45 heavy (non-hydrogen) atoms. The van der Waals surface area contributed by atoms with Gasteiger partial charge in [-0.25, -0.2) is 9.97 Å². The lowest BCUT2D eigenvalue weighted by molar-refractivity contribution is -0.111. The summed E-state index contributed by atoms with van der Waals surface area (Å²) >= 11 is 0. The van der Waals surface area contributed by atoms with Gasteiger partial charge in [-0.15, -0.1) is 0 Å². The van der Waals surface area contributed by atoms with Crippen LogP contribution in [-0.2, 0) is 4.79 Å². The summed E-state index contributed by atoms with van der Waals surface area (Å²) in [5.74, 6) is 2.59. The number of anilines is 4. The maximum absolute atomic E-state index is 12.5. The monoisotopic (exact) mass is 608 g/mol. The molecule has 4 heterocycles. The van der Waals surface area contributed by atoms with E-state index in [4.69, 9.17) is 4.74 Å². The Balaban J connectivity index is 1.24. The van der Waals surface area contributed by atoms with E-state index >= 15 is 0 Å². The zero-order valence-electron chi connectivity index (χ0n) is 26.8. The minimum atomic E-state index is -0.255. The molecule has 0 aliphatic carbocycles. The normalized spacial score (nSPS) is 16.7. The van der Waals surface area contributed by atoms with Crippen LogP contribution in [0.5, 0.6) is 5.75 Å². The van der Waals surface area contributed by atoms with Crippen molar-refractivity contribution in [2.75, 3.05) is 55.9 Å². The minimum Gasteiger partial charge on any atom is -0.494 e. The van der Waals surface area contributed by atoms with Crippen LogP contribution in [0.2, 0.25) is 0 Å². The van der Waals surface area contributed by atoms with E-state index in [9.17, 15) is 4.79 Å².